The third-order valence-electron chi connectivity index (χ3n) is 4.08. The fourth-order valence-corrected chi connectivity index (χ4v) is 3.23. The normalized spacial score (nSPS) is 24.2. The molecule has 0 aromatic heterocycles. The van der Waals surface area contributed by atoms with Gasteiger partial charge in [0.25, 0.3) is 0 Å². The van der Waals surface area contributed by atoms with Crippen LogP contribution in [0.1, 0.15) is 39.7 Å². The lowest BCUT2D eigenvalue weighted by molar-refractivity contribution is 0.112. The van der Waals surface area contributed by atoms with Gasteiger partial charge in [-0.15, -0.1) is 0 Å². The van der Waals surface area contributed by atoms with Gasteiger partial charge in [-0.3, -0.25) is 4.79 Å². The fraction of sp³-hybridized carbons (Fsp3) is 0.188. The lowest BCUT2D eigenvalue weighted by atomic mass is 9.93. The number of carbonyl (C=O) groups is 1. The van der Waals surface area contributed by atoms with E-state index in [0.717, 1.165) is 11.8 Å². The van der Waals surface area contributed by atoms with E-state index in [0.29, 0.717) is 11.8 Å². The van der Waals surface area contributed by atoms with Crippen LogP contribution in [0, 0.1) is 0 Å². The molecule has 0 heterocycles. The second-order valence-corrected chi connectivity index (χ2v) is 5.04. The van der Waals surface area contributed by atoms with E-state index in [9.17, 15) is 4.79 Å². The quantitative estimate of drug-likeness (QED) is 0.528. The molecule has 2 aromatic rings. The van der Waals surface area contributed by atoms with Gasteiger partial charge in [-0.1, -0.05) is 36.4 Å². The highest BCUT2D eigenvalue weighted by atomic mass is 16.1. The van der Waals surface area contributed by atoms with Crippen LogP contribution in [0.4, 0.5) is 0 Å². The summed E-state index contributed by atoms with van der Waals surface area (Å²) >= 11 is 0. The molecule has 0 aliphatic heterocycles. The monoisotopic (exact) mass is 220 g/mol. The molecule has 2 aromatic carbocycles. The van der Waals surface area contributed by atoms with Crippen LogP contribution < -0.4 is 0 Å². The molecule has 4 rings (SSSR count). The van der Waals surface area contributed by atoms with Crippen molar-refractivity contribution in [3.63, 3.8) is 0 Å². The summed E-state index contributed by atoms with van der Waals surface area (Å²) in [5.74, 6) is 1.24. The summed E-state index contributed by atoms with van der Waals surface area (Å²) in [4.78, 5) is 10.8. The second-order valence-electron chi connectivity index (χ2n) is 5.04. The van der Waals surface area contributed by atoms with Gasteiger partial charge < -0.3 is 0 Å². The summed E-state index contributed by atoms with van der Waals surface area (Å²) in [5.41, 5.74) is 3.72. The third-order valence-corrected chi connectivity index (χ3v) is 4.08. The maximum absolute atomic E-state index is 10.8. The summed E-state index contributed by atoms with van der Waals surface area (Å²) in [6.07, 6.45) is 6.81. The molecule has 1 heteroatoms. The van der Waals surface area contributed by atoms with Crippen molar-refractivity contribution in [1.29, 1.82) is 0 Å². The van der Waals surface area contributed by atoms with E-state index in [4.69, 9.17) is 0 Å². The molecule has 2 aliphatic rings. The Hall–Kier alpha value is -1.89. The molecule has 0 saturated carbocycles. The molecule has 0 saturated heterocycles. The molecule has 2 bridgehead atoms. The second kappa shape index (κ2) is 3.07. The minimum absolute atomic E-state index is 0.610. The van der Waals surface area contributed by atoms with Gasteiger partial charge in [0.15, 0.2) is 0 Å². The third kappa shape index (κ3) is 1.17. The average Bonchev–Trinajstić information content (AvgIpc) is 2.97. The Morgan fingerprint density at radius 3 is 2.35 bits per heavy atom. The van der Waals surface area contributed by atoms with Crippen molar-refractivity contribution in [3.05, 3.63) is 59.2 Å². The molecule has 0 N–H and O–H groups in total. The Morgan fingerprint density at radius 2 is 1.65 bits per heavy atom. The highest BCUT2D eigenvalue weighted by Crippen LogP contribution is 2.49. The predicted octanol–water partition coefficient (Wildman–Crippen LogP) is 3.79. The number of aldehydes is 1. The van der Waals surface area contributed by atoms with Crippen molar-refractivity contribution >= 4 is 17.1 Å². The zero-order chi connectivity index (χ0) is 11.4. The van der Waals surface area contributed by atoms with E-state index in [2.05, 4.69) is 30.4 Å². The van der Waals surface area contributed by atoms with Gasteiger partial charge in [0.1, 0.15) is 6.29 Å². The predicted molar refractivity (Wildman–Crippen MR) is 68.6 cm³/mol. The van der Waals surface area contributed by atoms with Crippen molar-refractivity contribution in [2.75, 3.05) is 0 Å². The smallest absolute Gasteiger partial charge is 0.150 e. The molecule has 0 radical (unpaired) electrons. The molecule has 82 valence electrons. The van der Waals surface area contributed by atoms with Crippen LogP contribution in [0.15, 0.2) is 42.5 Å². The van der Waals surface area contributed by atoms with Crippen LogP contribution >= 0.6 is 0 Å². The van der Waals surface area contributed by atoms with Crippen molar-refractivity contribution in [3.8, 4) is 0 Å². The van der Waals surface area contributed by atoms with Crippen molar-refractivity contribution in [2.45, 2.75) is 18.3 Å². The molecule has 17 heavy (non-hydrogen) atoms. The van der Waals surface area contributed by atoms with Crippen molar-refractivity contribution in [1.82, 2.24) is 0 Å². The van der Waals surface area contributed by atoms with E-state index in [-0.39, 0.29) is 0 Å². The number of hydrogen-bond donors (Lipinski definition) is 0. The molecule has 2 atom stereocenters. The Kier molecular flexibility index (Phi) is 1.66. The summed E-state index contributed by atoms with van der Waals surface area (Å²) in [6, 6.07) is 10.5. The first-order chi connectivity index (χ1) is 8.35. The number of hydrogen-bond acceptors (Lipinski definition) is 1. The summed E-state index contributed by atoms with van der Waals surface area (Å²) in [6.45, 7) is 0. The SMILES string of the molecule is O=Cc1ccc2cc3c(cc2c1)C1C=CC3C1. The van der Waals surface area contributed by atoms with E-state index in [1.165, 1.54) is 28.3 Å². The number of rotatable bonds is 1. The highest BCUT2D eigenvalue weighted by molar-refractivity contribution is 5.90. The zero-order valence-electron chi connectivity index (χ0n) is 9.39. The van der Waals surface area contributed by atoms with E-state index in [1.807, 2.05) is 12.1 Å². The van der Waals surface area contributed by atoms with Gasteiger partial charge >= 0.3 is 0 Å². The van der Waals surface area contributed by atoms with Gasteiger partial charge in [-0.05, 0) is 34.4 Å². The first-order valence-corrected chi connectivity index (χ1v) is 6.06. The van der Waals surface area contributed by atoms with Gasteiger partial charge in [0, 0.05) is 17.4 Å². The molecular formula is C16H12O. The Morgan fingerprint density at radius 1 is 0.941 bits per heavy atom. The summed E-state index contributed by atoms with van der Waals surface area (Å²) < 4.78 is 0. The van der Waals surface area contributed by atoms with E-state index in [1.54, 1.807) is 0 Å². The number of benzene rings is 2. The standard InChI is InChI=1S/C16H12O/c17-9-10-1-2-11-7-15-12-3-4-13(6-12)16(15)8-14(11)5-10/h1-5,7-9,12-13H,6H2. The largest absolute Gasteiger partial charge is 0.298 e. The van der Waals surface area contributed by atoms with Crippen LogP contribution in [-0.4, -0.2) is 6.29 Å². The number of fused-ring (bicyclic) bond motifs is 6. The maximum Gasteiger partial charge on any atom is 0.150 e. The minimum atomic E-state index is 0.610. The molecule has 2 unspecified atom stereocenters. The van der Waals surface area contributed by atoms with Crippen molar-refractivity contribution < 1.29 is 4.79 Å². The lowest BCUT2D eigenvalue weighted by Crippen LogP contribution is -1.93. The number of allylic oxidation sites excluding steroid dienone is 2. The molecule has 2 aliphatic carbocycles. The molecule has 1 nitrogen and oxygen atoms in total. The summed E-state index contributed by atoms with van der Waals surface area (Å²) in [7, 11) is 0. The first kappa shape index (κ1) is 9.17. The molecule has 0 amide bonds. The van der Waals surface area contributed by atoms with Crippen LogP contribution in [0.5, 0.6) is 0 Å². The van der Waals surface area contributed by atoms with Gasteiger partial charge in [0.2, 0.25) is 0 Å². The van der Waals surface area contributed by atoms with Crippen LogP contribution in [0.2, 0.25) is 0 Å². The van der Waals surface area contributed by atoms with Crippen LogP contribution in [-0.2, 0) is 0 Å². The van der Waals surface area contributed by atoms with Gasteiger partial charge in [0.05, 0.1) is 0 Å². The van der Waals surface area contributed by atoms with Crippen LogP contribution in [0.25, 0.3) is 10.8 Å². The van der Waals surface area contributed by atoms with Crippen molar-refractivity contribution in [2.24, 2.45) is 0 Å². The maximum atomic E-state index is 10.8. The van der Waals surface area contributed by atoms with E-state index < -0.39 is 0 Å². The zero-order valence-corrected chi connectivity index (χ0v) is 9.39. The first-order valence-electron chi connectivity index (χ1n) is 6.06. The topological polar surface area (TPSA) is 17.1 Å². The van der Waals surface area contributed by atoms with Gasteiger partial charge in [-0.25, -0.2) is 0 Å². The Balaban J connectivity index is 2.01. The Bertz CT molecular complexity index is 667. The highest BCUT2D eigenvalue weighted by Gasteiger charge is 2.32. The molecule has 0 fully saturated rings. The van der Waals surface area contributed by atoms with E-state index >= 15 is 0 Å². The fourth-order valence-electron chi connectivity index (χ4n) is 3.23. The average molecular weight is 220 g/mol. The van der Waals surface area contributed by atoms with Crippen LogP contribution in [0.3, 0.4) is 0 Å². The molecular weight excluding hydrogens is 208 g/mol. The summed E-state index contributed by atoms with van der Waals surface area (Å²) in [5, 5.41) is 2.43. The molecule has 0 spiro atoms. The van der Waals surface area contributed by atoms with Gasteiger partial charge in [-0.2, -0.15) is 0 Å². The number of carbonyl (C=O) groups excluding carboxylic acids is 1. The Labute approximate surface area is 99.8 Å². The lowest BCUT2D eigenvalue weighted by Gasteiger charge is -2.12. The minimum Gasteiger partial charge on any atom is -0.298 e.